The van der Waals surface area contributed by atoms with Crippen LogP contribution in [0.25, 0.3) is 0 Å². The summed E-state index contributed by atoms with van der Waals surface area (Å²) in [5.74, 6) is 0.328. The van der Waals surface area contributed by atoms with E-state index in [9.17, 15) is 4.79 Å². The Balaban J connectivity index is 2.23. The monoisotopic (exact) mass is 218 g/mol. The number of likely N-dealkylation sites (N-methyl/N-ethyl adjacent to an activating group) is 1. The molecule has 0 amide bonds. The van der Waals surface area contributed by atoms with Crippen molar-refractivity contribution in [2.45, 2.75) is 25.4 Å². The van der Waals surface area contributed by atoms with Crippen LogP contribution in [0.15, 0.2) is 24.3 Å². The summed E-state index contributed by atoms with van der Waals surface area (Å²) in [5.41, 5.74) is 7.75. The maximum Gasteiger partial charge on any atom is 0.154 e. The summed E-state index contributed by atoms with van der Waals surface area (Å²) in [7, 11) is 2.01. The van der Waals surface area contributed by atoms with Crippen molar-refractivity contribution >= 4 is 5.78 Å². The van der Waals surface area contributed by atoms with E-state index in [1.54, 1.807) is 0 Å². The number of Topliss-reactive ketones (excluding diaryl/α,β-unsaturated/α-hetero) is 1. The zero-order chi connectivity index (χ0) is 11.5. The number of likely N-dealkylation sites (tertiary alicyclic amines) is 1. The maximum absolute atomic E-state index is 11.9. The molecule has 1 unspecified atom stereocenters. The SMILES string of the molecule is CN1CCCC(=O)C1c1ccc(CN)cc1. The van der Waals surface area contributed by atoms with Crippen LogP contribution in [-0.4, -0.2) is 24.3 Å². The molecule has 16 heavy (non-hydrogen) atoms. The Morgan fingerprint density at radius 3 is 2.62 bits per heavy atom. The fourth-order valence-electron chi connectivity index (χ4n) is 2.29. The van der Waals surface area contributed by atoms with E-state index in [-0.39, 0.29) is 6.04 Å². The molecule has 1 aliphatic rings. The normalized spacial score (nSPS) is 22.4. The highest BCUT2D eigenvalue weighted by Gasteiger charge is 2.27. The minimum Gasteiger partial charge on any atom is -0.326 e. The van der Waals surface area contributed by atoms with Gasteiger partial charge in [0.1, 0.15) is 0 Å². The Morgan fingerprint density at radius 1 is 1.38 bits per heavy atom. The number of nitrogens with zero attached hydrogens (tertiary/aromatic N) is 1. The van der Waals surface area contributed by atoms with Crippen molar-refractivity contribution < 1.29 is 4.79 Å². The van der Waals surface area contributed by atoms with Crippen LogP contribution in [0.1, 0.15) is 30.0 Å². The summed E-state index contributed by atoms with van der Waals surface area (Å²) in [6, 6.07) is 8.00. The van der Waals surface area contributed by atoms with Gasteiger partial charge >= 0.3 is 0 Å². The van der Waals surface area contributed by atoms with E-state index in [0.29, 0.717) is 18.7 Å². The van der Waals surface area contributed by atoms with Crippen LogP contribution in [0.4, 0.5) is 0 Å². The van der Waals surface area contributed by atoms with Gasteiger partial charge in [-0.05, 0) is 31.1 Å². The minimum atomic E-state index is -0.0550. The molecular formula is C13H18N2O. The number of nitrogens with two attached hydrogens (primary N) is 1. The van der Waals surface area contributed by atoms with Crippen LogP contribution in [0.3, 0.4) is 0 Å². The highest BCUT2D eigenvalue weighted by atomic mass is 16.1. The number of carbonyl (C=O) groups is 1. The summed E-state index contributed by atoms with van der Waals surface area (Å²) in [4.78, 5) is 14.0. The van der Waals surface area contributed by atoms with Gasteiger partial charge in [0, 0.05) is 13.0 Å². The summed E-state index contributed by atoms with van der Waals surface area (Å²) < 4.78 is 0. The van der Waals surface area contributed by atoms with Crippen LogP contribution in [-0.2, 0) is 11.3 Å². The molecule has 1 heterocycles. The summed E-state index contributed by atoms with van der Waals surface area (Å²) >= 11 is 0. The second-order valence-corrected chi connectivity index (χ2v) is 4.40. The van der Waals surface area contributed by atoms with Gasteiger partial charge in [0.05, 0.1) is 6.04 Å². The molecule has 0 bridgehead atoms. The predicted molar refractivity (Wildman–Crippen MR) is 63.9 cm³/mol. The average Bonchev–Trinajstić information content (AvgIpc) is 2.30. The van der Waals surface area contributed by atoms with Crippen LogP contribution in [0.2, 0.25) is 0 Å². The first-order valence-electron chi connectivity index (χ1n) is 5.74. The number of carbonyl (C=O) groups excluding carboxylic acids is 1. The second-order valence-electron chi connectivity index (χ2n) is 4.40. The molecule has 2 N–H and O–H groups in total. The van der Waals surface area contributed by atoms with Gasteiger partial charge in [-0.25, -0.2) is 0 Å². The molecule has 0 aromatic heterocycles. The molecule has 1 atom stereocenters. The largest absolute Gasteiger partial charge is 0.326 e. The standard InChI is InChI=1S/C13H18N2O/c1-15-8-2-3-12(16)13(15)11-6-4-10(9-14)5-7-11/h4-7,13H,2-3,8-9,14H2,1H3. The lowest BCUT2D eigenvalue weighted by Crippen LogP contribution is -2.36. The van der Waals surface area contributed by atoms with Crippen molar-refractivity contribution in [3.05, 3.63) is 35.4 Å². The Bertz CT molecular complexity index is 372. The molecule has 0 spiro atoms. The number of benzene rings is 1. The number of ketones is 1. The van der Waals surface area contributed by atoms with Crippen molar-refractivity contribution in [1.29, 1.82) is 0 Å². The smallest absolute Gasteiger partial charge is 0.154 e. The van der Waals surface area contributed by atoms with Gasteiger partial charge in [-0.1, -0.05) is 24.3 Å². The molecule has 1 aromatic carbocycles. The lowest BCUT2D eigenvalue weighted by Gasteiger charge is -2.31. The van der Waals surface area contributed by atoms with E-state index in [1.807, 2.05) is 31.3 Å². The van der Waals surface area contributed by atoms with Crippen LogP contribution >= 0.6 is 0 Å². The summed E-state index contributed by atoms with van der Waals surface area (Å²) in [6.45, 7) is 1.55. The minimum absolute atomic E-state index is 0.0550. The average molecular weight is 218 g/mol. The molecule has 0 saturated carbocycles. The first-order valence-corrected chi connectivity index (χ1v) is 5.74. The first-order chi connectivity index (χ1) is 7.72. The number of rotatable bonds is 2. The number of piperidine rings is 1. The Morgan fingerprint density at radius 2 is 2.06 bits per heavy atom. The molecule has 0 radical (unpaired) electrons. The highest BCUT2D eigenvalue weighted by molar-refractivity contribution is 5.85. The third-order valence-corrected chi connectivity index (χ3v) is 3.21. The number of hydrogen-bond donors (Lipinski definition) is 1. The van der Waals surface area contributed by atoms with Gasteiger partial charge < -0.3 is 5.73 Å². The second kappa shape index (κ2) is 4.76. The third kappa shape index (κ3) is 2.15. The van der Waals surface area contributed by atoms with E-state index < -0.39 is 0 Å². The van der Waals surface area contributed by atoms with E-state index in [4.69, 9.17) is 5.73 Å². The lowest BCUT2D eigenvalue weighted by atomic mass is 9.94. The van der Waals surface area contributed by atoms with Gasteiger partial charge in [0.15, 0.2) is 5.78 Å². The van der Waals surface area contributed by atoms with Gasteiger partial charge in [-0.3, -0.25) is 9.69 Å². The molecular weight excluding hydrogens is 200 g/mol. The van der Waals surface area contributed by atoms with Crippen molar-refractivity contribution in [3.63, 3.8) is 0 Å². The molecule has 86 valence electrons. The van der Waals surface area contributed by atoms with Gasteiger partial charge in [0.25, 0.3) is 0 Å². The Hall–Kier alpha value is -1.19. The maximum atomic E-state index is 11.9. The van der Waals surface area contributed by atoms with E-state index >= 15 is 0 Å². The van der Waals surface area contributed by atoms with E-state index in [1.165, 1.54) is 0 Å². The van der Waals surface area contributed by atoms with Crippen LogP contribution < -0.4 is 5.73 Å². The van der Waals surface area contributed by atoms with Crippen LogP contribution in [0, 0.1) is 0 Å². The quantitative estimate of drug-likeness (QED) is 0.818. The molecule has 1 aliphatic heterocycles. The molecule has 0 aliphatic carbocycles. The predicted octanol–water partition coefficient (Wildman–Crippen LogP) is 1.48. The molecule has 3 nitrogen and oxygen atoms in total. The highest BCUT2D eigenvalue weighted by Crippen LogP contribution is 2.26. The van der Waals surface area contributed by atoms with Gasteiger partial charge in [0.2, 0.25) is 0 Å². The van der Waals surface area contributed by atoms with E-state index in [2.05, 4.69) is 4.90 Å². The topological polar surface area (TPSA) is 46.3 Å². The summed E-state index contributed by atoms with van der Waals surface area (Å²) in [6.07, 6.45) is 1.68. The fraction of sp³-hybridized carbons (Fsp3) is 0.462. The molecule has 1 aromatic rings. The number of hydrogen-bond acceptors (Lipinski definition) is 3. The fourth-order valence-corrected chi connectivity index (χ4v) is 2.29. The van der Waals surface area contributed by atoms with Gasteiger partial charge in [-0.15, -0.1) is 0 Å². The lowest BCUT2D eigenvalue weighted by molar-refractivity contribution is -0.126. The third-order valence-electron chi connectivity index (χ3n) is 3.21. The van der Waals surface area contributed by atoms with Crippen molar-refractivity contribution in [2.24, 2.45) is 5.73 Å². The van der Waals surface area contributed by atoms with Gasteiger partial charge in [-0.2, -0.15) is 0 Å². The Kier molecular flexibility index (Phi) is 3.36. The zero-order valence-electron chi connectivity index (χ0n) is 9.65. The zero-order valence-corrected chi connectivity index (χ0v) is 9.65. The molecule has 1 saturated heterocycles. The van der Waals surface area contributed by atoms with Crippen molar-refractivity contribution in [1.82, 2.24) is 4.90 Å². The molecule has 1 fully saturated rings. The van der Waals surface area contributed by atoms with Crippen molar-refractivity contribution in [3.8, 4) is 0 Å². The van der Waals surface area contributed by atoms with Crippen LogP contribution in [0.5, 0.6) is 0 Å². The molecule has 3 heteroatoms. The Labute approximate surface area is 96.2 Å². The molecule has 2 rings (SSSR count). The summed E-state index contributed by atoms with van der Waals surface area (Å²) in [5, 5.41) is 0. The van der Waals surface area contributed by atoms with E-state index in [0.717, 1.165) is 24.1 Å². The first kappa shape index (κ1) is 11.3. The van der Waals surface area contributed by atoms with Crippen molar-refractivity contribution in [2.75, 3.05) is 13.6 Å².